The van der Waals surface area contributed by atoms with Crippen molar-refractivity contribution in [3.8, 4) is 0 Å². The second-order valence-corrected chi connectivity index (χ2v) is 5.18. The Morgan fingerprint density at radius 1 is 1.47 bits per heavy atom. The van der Waals surface area contributed by atoms with Gasteiger partial charge in [0.25, 0.3) is 0 Å². The van der Waals surface area contributed by atoms with Gasteiger partial charge in [0.05, 0.1) is 0 Å². The summed E-state index contributed by atoms with van der Waals surface area (Å²) in [7, 11) is 0. The number of hydrogen-bond acceptors (Lipinski definition) is 3. The van der Waals surface area contributed by atoms with Crippen molar-refractivity contribution in [2.45, 2.75) is 19.4 Å². The first-order valence-corrected chi connectivity index (χ1v) is 6.44. The van der Waals surface area contributed by atoms with Crippen LogP contribution in [-0.4, -0.2) is 29.7 Å². The number of anilines is 1. The summed E-state index contributed by atoms with van der Waals surface area (Å²) in [5, 5.41) is 9.61. The number of nitrogens with zero attached hydrogens (tertiary/aromatic N) is 1. The van der Waals surface area contributed by atoms with Crippen molar-refractivity contribution in [1.29, 1.82) is 0 Å². The summed E-state index contributed by atoms with van der Waals surface area (Å²) in [6.45, 7) is 3.32. The van der Waals surface area contributed by atoms with Crippen LogP contribution in [0.5, 0.6) is 0 Å². The number of halogens is 1. The summed E-state index contributed by atoms with van der Waals surface area (Å²) in [6, 6.07) is 5.68. The molecule has 1 atom stereocenters. The predicted molar refractivity (Wildman–Crippen MR) is 71.0 cm³/mol. The van der Waals surface area contributed by atoms with Crippen LogP contribution in [0.3, 0.4) is 0 Å². The highest BCUT2D eigenvalue weighted by molar-refractivity contribution is 6.30. The number of aliphatic hydroxyl groups is 1. The van der Waals surface area contributed by atoms with Gasteiger partial charge in [-0.25, -0.2) is 0 Å². The van der Waals surface area contributed by atoms with Crippen molar-refractivity contribution >= 4 is 17.3 Å². The summed E-state index contributed by atoms with van der Waals surface area (Å²) in [5.41, 5.74) is 7.85. The van der Waals surface area contributed by atoms with Crippen LogP contribution in [-0.2, 0) is 6.54 Å². The molecule has 2 rings (SSSR count). The molecule has 1 aromatic carbocycles. The smallest absolute Gasteiger partial charge is 0.0434 e. The molecule has 0 amide bonds. The van der Waals surface area contributed by atoms with Gasteiger partial charge in [0, 0.05) is 30.4 Å². The lowest BCUT2D eigenvalue weighted by Crippen LogP contribution is -2.21. The molecule has 1 heterocycles. The van der Waals surface area contributed by atoms with Crippen LogP contribution >= 0.6 is 11.6 Å². The van der Waals surface area contributed by atoms with Gasteiger partial charge in [-0.05, 0) is 43.0 Å². The molecule has 1 fully saturated rings. The summed E-state index contributed by atoms with van der Waals surface area (Å²) in [5.74, 6) is 0.633. The van der Waals surface area contributed by atoms with Gasteiger partial charge in [0.2, 0.25) is 0 Å². The molecule has 0 saturated carbocycles. The largest absolute Gasteiger partial charge is 0.398 e. The number of rotatable bonds is 4. The van der Waals surface area contributed by atoms with Gasteiger partial charge >= 0.3 is 0 Å². The first-order chi connectivity index (χ1) is 8.19. The minimum atomic E-state index is 0.293. The van der Waals surface area contributed by atoms with Gasteiger partial charge < -0.3 is 10.8 Å². The summed E-state index contributed by atoms with van der Waals surface area (Å²) in [4.78, 5) is 2.39. The monoisotopic (exact) mass is 254 g/mol. The van der Waals surface area contributed by atoms with E-state index in [1.54, 1.807) is 6.07 Å². The Bertz CT molecular complexity index is 384. The van der Waals surface area contributed by atoms with Gasteiger partial charge in [0.1, 0.15) is 0 Å². The highest BCUT2D eigenvalue weighted by Gasteiger charge is 2.22. The van der Waals surface area contributed by atoms with Gasteiger partial charge in [-0.3, -0.25) is 4.90 Å². The van der Waals surface area contributed by atoms with Crippen LogP contribution in [0.4, 0.5) is 5.69 Å². The SMILES string of the molecule is Nc1cc(Cl)ccc1CN1CCC(CCO)C1. The molecule has 1 aliphatic heterocycles. The molecule has 1 saturated heterocycles. The average molecular weight is 255 g/mol. The molecule has 3 nitrogen and oxygen atoms in total. The van der Waals surface area contributed by atoms with E-state index < -0.39 is 0 Å². The first-order valence-electron chi connectivity index (χ1n) is 6.06. The normalized spacial score (nSPS) is 20.9. The van der Waals surface area contributed by atoms with E-state index >= 15 is 0 Å². The summed E-state index contributed by atoms with van der Waals surface area (Å²) >= 11 is 5.88. The zero-order chi connectivity index (χ0) is 12.3. The molecular formula is C13H19ClN2O. The molecule has 94 valence electrons. The molecule has 0 bridgehead atoms. The Hall–Kier alpha value is -0.770. The maximum absolute atomic E-state index is 8.92. The third-order valence-electron chi connectivity index (χ3n) is 3.41. The van der Waals surface area contributed by atoms with Crippen molar-refractivity contribution in [3.63, 3.8) is 0 Å². The van der Waals surface area contributed by atoms with Crippen molar-refractivity contribution in [2.24, 2.45) is 5.92 Å². The van der Waals surface area contributed by atoms with Crippen molar-refractivity contribution in [3.05, 3.63) is 28.8 Å². The van der Waals surface area contributed by atoms with Crippen LogP contribution < -0.4 is 5.73 Å². The second kappa shape index (κ2) is 5.71. The van der Waals surface area contributed by atoms with Gasteiger partial charge in [-0.1, -0.05) is 17.7 Å². The lowest BCUT2D eigenvalue weighted by molar-refractivity contribution is 0.249. The highest BCUT2D eigenvalue weighted by Crippen LogP contribution is 2.24. The molecule has 17 heavy (non-hydrogen) atoms. The standard InChI is InChI=1S/C13H19ClN2O/c14-12-2-1-11(13(15)7-12)9-16-5-3-10(8-16)4-6-17/h1-2,7,10,17H,3-6,8-9,15H2. The van der Waals surface area contributed by atoms with Crippen LogP contribution in [0.1, 0.15) is 18.4 Å². The third-order valence-corrected chi connectivity index (χ3v) is 3.64. The number of likely N-dealkylation sites (tertiary alicyclic amines) is 1. The van der Waals surface area contributed by atoms with Crippen LogP contribution in [0, 0.1) is 5.92 Å². The van der Waals surface area contributed by atoms with E-state index in [2.05, 4.69) is 4.90 Å². The minimum absolute atomic E-state index is 0.293. The number of nitrogen functional groups attached to an aromatic ring is 1. The van der Waals surface area contributed by atoms with Crippen LogP contribution in [0.15, 0.2) is 18.2 Å². The minimum Gasteiger partial charge on any atom is -0.398 e. The Kier molecular flexibility index (Phi) is 4.26. The Morgan fingerprint density at radius 2 is 2.29 bits per heavy atom. The van der Waals surface area contributed by atoms with Gasteiger partial charge in [0.15, 0.2) is 0 Å². The maximum Gasteiger partial charge on any atom is 0.0434 e. The number of aliphatic hydroxyl groups excluding tert-OH is 1. The van der Waals surface area contributed by atoms with E-state index in [-0.39, 0.29) is 0 Å². The van der Waals surface area contributed by atoms with Gasteiger partial charge in [-0.15, -0.1) is 0 Å². The molecule has 1 aliphatic rings. The molecule has 3 N–H and O–H groups in total. The van der Waals surface area contributed by atoms with E-state index in [1.165, 1.54) is 6.42 Å². The molecule has 1 unspecified atom stereocenters. The fraction of sp³-hybridized carbons (Fsp3) is 0.538. The lowest BCUT2D eigenvalue weighted by Gasteiger charge is -2.17. The van der Waals surface area contributed by atoms with E-state index in [0.717, 1.165) is 37.3 Å². The molecule has 0 spiro atoms. The summed E-state index contributed by atoms with van der Waals surface area (Å²) < 4.78 is 0. The predicted octanol–water partition coefficient (Wildman–Crippen LogP) is 2.13. The van der Waals surface area contributed by atoms with Crippen LogP contribution in [0.2, 0.25) is 5.02 Å². The fourth-order valence-electron chi connectivity index (χ4n) is 2.43. The zero-order valence-electron chi connectivity index (χ0n) is 9.90. The number of nitrogens with two attached hydrogens (primary N) is 1. The van der Waals surface area contributed by atoms with E-state index in [1.807, 2.05) is 12.1 Å². The summed E-state index contributed by atoms with van der Waals surface area (Å²) in [6.07, 6.45) is 2.08. The highest BCUT2D eigenvalue weighted by atomic mass is 35.5. The number of hydrogen-bond donors (Lipinski definition) is 2. The maximum atomic E-state index is 8.92. The van der Waals surface area contributed by atoms with E-state index in [0.29, 0.717) is 17.5 Å². The van der Waals surface area contributed by atoms with Gasteiger partial charge in [-0.2, -0.15) is 0 Å². The average Bonchev–Trinajstić information content (AvgIpc) is 2.71. The zero-order valence-corrected chi connectivity index (χ0v) is 10.7. The third kappa shape index (κ3) is 3.35. The number of benzene rings is 1. The molecule has 4 heteroatoms. The quantitative estimate of drug-likeness (QED) is 0.810. The topological polar surface area (TPSA) is 49.5 Å². The Balaban J connectivity index is 1.93. The van der Waals surface area contributed by atoms with Crippen molar-refractivity contribution in [1.82, 2.24) is 4.90 Å². The molecule has 0 radical (unpaired) electrons. The molecule has 0 aromatic heterocycles. The Morgan fingerprint density at radius 3 is 3.00 bits per heavy atom. The Labute approximate surface area is 107 Å². The molecule has 0 aliphatic carbocycles. The van der Waals surface area contributed by atoms with E-state index in [4.69, 9.17) is 22.4 Å². The molecule has 1 aromatic rings. The van der Waals surface area contributed by atoms with Crippen LogP contribution in [0.25, 0.3) is 0 Å². The second-order valence-electron chi connectivity index (χ2n) is 4.75. The fourth-order valence-corrected chi connectivity index (χ4v) is 2.61. The van der Waals surface area contributed by atoms with E-state index in [9.17, 15) is 0 Å². The molecular weight excluding hydrogens is 236 g/mol. The van der Waals surface area contributed by atoms with Crippen molar-refractivity contribution < 1.29 is 5.11 Å². The lowest BCUT2D eigenvalue weighted by atomic mass is 10.1. The van der Waals surface area contributed by atoms with Crippen molar-refractivity contribution in [2.75, 3.05) is 25.4 Å². The first kappa shape index (κ1) is 12.7.